The molecule has 1 aromatic rings. The van der Waals surface area contributed by atoms with Crippen molar-refractivity contribution in [3.63, 3.8) is 0 Å². The number of ether oxygens (including phenoxy) is 1. The van der Waals surface area contributed by atoms with Crippen molar-refractivity contribution in [2.45, 2.75) is 25.8 Å². The molecule has 5 heteroatoms. The van der Waals surface area contributed by atoms with Gasteiger partial charge in [-0.3, -0.25) is 4.79 Å². The van der Waals surface area contributed by atoms with Gasteiger partial charge in [-0.2, -0.15) is 0 Å². The highest BCUT2D eigenvalue weighted by molar-refractivity contribution is 5.97. The first-order valence-electron chi connectivity index (χ1n) is 5.69. The van der Waals surface area contributed by atoms with E-state index in [1.54, 1.807) is 25.4 Å². The van der Waals surface area contributed by atoms with Crippen molar-refractivity contribution >= 4 is 11.6 Å². The Morgan fingerprint density at radius 3 is 3.00 bits per heavy atom. The molecule has 0 aliphatic heterocycles. The highest BCUT2D eigenvalue weighted by Crippen LogP contribution is 2.07. The van der Waals surface area contributed by atoms with E-state index in [9.17, 15) is 4.79 Å². The van der Waals surface area contributed by atoms with Gasteiger partial charge in [0, 0.05) is 13.3 Å². The van der Waals surface area contributed by atoms with Crippen molar-refractivity contribution < 1.29 is 9.53 Å². The molecule has 1 rings (SSSR count). The van der Waals surface area contributed by atoms with Crippen LogP contribution in [0.25, 0.3) is 0 Å². The average Bonchev–Trinajstić information content (AvgIpc) is 2.30. The van der Waals surface area contributed by atoms with E-state index in [0.29, 0.717) is 12.3 Å². The monoisotopic (exact) mass is 237 g/mol. The summed E-state index contributed by atoms with van der Waals surface area (Å²) in [6.45, 7) is 2.55. The van der Waals surface area contributed by atoms with Gasteiger partial charge >= 0.3 is 0 Å². The zero-order valence-corrected chi connectivity index (χ0v) is 10.3. The minimum Gasteiger partial charge on any atom is -0.397 e. The molecule has 1 aromatic heterocycles. The van der Waals surface area contributed by atoms with Crippen LogP contribution in [0.1, 0.15) is 30.3 Å². The summed E-state index contributed by atoms with van der Waals surface area (Å²) in [5, 5.41) is 2.87. The molecule has 0 radical (unpaired) electrons. The predicted octanol–water partition coefficient (Wildman–Crippen LogP) is 1.21. The Morgan fingerprint density at radius 1 is 1.65 bits per heavy atom. The number of amides is 1. The van der Waals surface area contributed by atoms with Crippen LogP contribution in [-0.4, -0.2) is 30.6 Å². The largest absolute Gasteiger partial charge is 0.397 e. The van der Waals surface area contributed by atoms with E-state index in [-0.39, 0.29) is 17.6 Å². The molecule has 1 heterocycles. The SMILES string of the molecule is CCCC(COC)NC(=O)c1ncccc1N. The smallest absolute Gasteiger partial charge is 0.272 e. The average molecular weight is 237 g/mol. The normalized spacial score (nSPS) is 12.1. The van der Waals surface area contributed by atoms with Gasteiger partial charge in [-0.25, -0.2) is 4.98 Å². The third kappa shape index (κ3) is 4.03. The fraction of sp³-hybridized carbons (Fsp3) is 0.500. The molecule has 0 saturated heterocycles. The van der Waals surface area contributed by atoms with Gasteiger partial charge in [0.25, 0.3) is 5.91 Å². The topological polar surface area (TPSA) is 77.2 Å². The number of rotatable bonds is 6. The lowest BCUT2D eigenvalue weighted by molar-refractivity contribution is 0.0887. The molecular weight excluding hydrogens is 218 g/mol. The van der Waals surface area contributed by atoms with Crippen LogP contribution in [0.3, 0.4) is 0 Å². The molecule has 5 nitrogen and oxygen atoms in total. The zero-order valence-electron chi connectivity index (χ0n) is 10.3. The Balaban J connectivity index is 2.67. The van der Waals surface area contributed by atoms with Gasteiger partial charge in [0.1, 0.15) is 0 Å². The Bertz CT molecular complexity index is 363. The summed E-state index contributed by atoms with van der Waals surface area (Å²) < 4.78 is 5.06. The Labute approximate surface area is 101 Å². The number of nitrogens with two attached hydrogens (primary N) is 1. The summed E-state index contributed by atoms with van der Waals surface area (Å²) in [5.41, 5.74) is 6.35. The van der Waals surface area contributed by atoms with Crippen molar-refractivity contribution in [2.75, 3.05) is 19.5 Å². The highest BCUT2D eigenvalue weighted by atomic mass is 16.5. The second-order valence-corrected chi connectivity index (χ2v) is 3.86. The van der Waals surface area contributed by atoms with Crippen LogP contribution in [-0.2, 0) is 4.74 Å². The summed E-state index contributed by atoms with van der Waals surface area (Å²) >= 11 is 0. The molecule has 17 heavy (non-hydrogen) atoms. The van der Waals surface area contributed by atoms with E-state index in [4.69, 9.17) is 10.5 Å². The lowest BCUT2D eigenvalue weighted by Gasteiger charge is -2.17. The van der Waals surface area contributed by atoms with Gasteiger partial charge in [0.05, 0.1) is 18.3 Å². The number of methoxy groups -OCH3 is 1. The molecule has 1 atom stereocenters. The Morgan fingerprint density at radius 2 is 2.41 bits per heavy atom. The highest BCUT2D eigenvalue weighted by Gasteiger charge is 2.15. The van der Waals surface area contributed by atoms with Gasteiger partial charge in [-0.05, 0) is 18.6 Å². The molecule has 0 aliphatic carbocycles. The second-order valence-electron chi connectivity index (χ2n) is 3.86. The van der Waals surface area contributed by atoms with Crippen LogP contribution in [0.2, 0.25) is 0 Å². The summed E-state index contributed by atoms with van der Waals surface area (Å²) in [7, 11) is 1.62. The summed E-state index contributed by atoms with van der Waals surface area (Å²) in [6, 6.07) is 3.36. The summed E-state index contributed by atoms with van der Waals surface area (Å²) in [6.07, 6.45) is 3.40. The summed E-state index contributed by atoms with van der Waals surface area (Å²) in [4.78, 5) is 15.9. The van der Waals surface area contributed by atoms with Crippen molar-refractivity contribution in [3.05, 3.63) is 24.0 Å². The number of nitrogens with zero attached hydrogens (tertiary/aromatic N) is 1. The van der Waals surface area contributed by atoms with Gasteiger partial charge in [0.15, 0.2) is 5.69 Å². The molecule has 0 spiro atoms. The Hall–Kier alpha value is -1.62. The number of anilines is 1. The first kappa shape index (κ1) is 13.4. The molecule has 1 amide bonds. The van der Waals surface area contributed by atoms with Gasteiger partial charge in [-0.15, -0.1) is 0 Å². The van der Waals surface area contributed by atoms with Crippen molar-refractivity contribution in [3.8, 4) is 0 Å². The van der Waals surface area contributed by atoms with E-state index in [0.717, 1.165) is 12.8 Å². The number of hydrogen-bond acceptors (Lipinski definition) is 4. The van der Waals surface area contributed by atoms with Crippen molar-refractivity contribution in [1.29, 1.82) is 0 Å². The van der Waals surface area contributed by atoms with Crippen LogP contribution in [0.15, 0.2) is 18.3 Å². The number of aromatic nitrogens is 1. The van der Waals surface area contributed by atoms with Gasteiger partial charge in [0.2, 0.25) is 0 Å². The van der Waals surface area contributed by atoms with Crippen LogP contribution in [0.5, 0.6) is 0 Å². The first-order valence-corrected chi connectivity index (χ1v) is 5.69. The van der Waals surface area contributed by atoms with E-state index < -0.39 is 0 Å². The second kappa shape index (κ2) is 6.85. The van der Waals surface area contributed by atoms with Crippen molar-refractivity contribution in [1.82, 2.24) is 10.3 Å². The molecule has 0 aromatic carbocycles. The molecular formula is C12H19N3O2. The fourth-order valence-electron chi connectivity index (χ4n) is 1.61. The van der Waals surface area contributed by atoms with Crippen LogP contribution in [0, 0.1) is 0 Å². The lowest BCUT2D eigenvalue weighted by atomic mass is 10.1. The van der Waals surface area contributed by atoms with E-state index >= 15 is 0 Å². The minimum absolute atomic E-state index is 0.00101. The number of nitrogens with one attached hydrogen (secondary N) is 1. The molecule has 3 N–H and O–H groups in total. The molecule has 0 fully saturated rings. The van der Waals surface area contributed by atoms with Gasteiger partial charge < -0.3 is 15.8 Å². The number of nitrogen functional groups attached to an aromatic ring is 1. The maximum atomic E-state index is 11.9. The fourth-order valence-corrected chi connectivity index (χ4v) is 1.61. The van der Waals surface area contributed by atoms with E-state index in [1.165, 1.54) is 0 Å². The van der Waals surface area contributed by atoms with Crippen molar-refractivity contribution in [2.24, 2.45) is 0 Å². The van der Waals surface area contributed by atoms with Gasteiger partial charge in [-0.1, -0.05) is 13.3 Å². The molecule has 0 aliphatic rings. The van der Waals surface area contributed by atoms with E-state index in [2.05, 4.69) is 17.2 Å². The maximum absolute atomic E-state index is 11.9. The number of carbonyl (C=O) groups excluding carboxylic acids is 1. The molecule has 0 bridgehead atoms. The summed E-state index contributed by atoms with van der Waals surface area (Å²) in [5.74, 6) is -0.251. The first-order chi connectivity index (χ1) is 8.19. The van der Waals surface area contributed by atoms with E-state index in [1.807, 2.05) is 0 Å². The quantitative estimate of drug-likeness (QED) is 0.779. The minimum atomic E-state index is -0.251. The standard InChI is InChI=1S/C12H19N3O2/c1-3-5-9(8-17-2)15-12(16)11-10(13)6-4-7-14-11/h4,6-7,9H,3,5,8,13H2,1-2H3,(H,15,16). The molecule has 94 valence electrons. The molecule has 1 unspecified atom stereocenters. The predicted molar refractivity (Wildman–Crippen MR) is 66.7 cm³/mol. The lowest BCUT2D eigenvalue weighted by Crippen LogP contribution is -2.38. The third-order valence-electron chi connectivity index (χ3n) is 2.39. The van der Waals surface area contributed by atoms with Crippen LogP contribution in [0.4, 0.5) is 5.69 Å². The molecule has 0 saturated carbocycles. The number of pyridine rings is 1. The number of hydrogen-bond donors (Lipinski definition) is 2. The van der Waals surface area contributed by atoms with Crippen LogP contribution >= 0.6 is 0 Å². The van der Waals surface area contributed by atoms with Crippen LogP contribution < -0.4 is 11.1 Å². The zero-order chi connectivity index (χ0) is 12.7. The maximum Gasteiger partial charge on any atom is 0.272 e. The third-order valence-corrected chi connectivity index (χ3v) is 2.39. The Kier molecular flexibility index (Phi) is 5.42. The number of carbonyl (C=O) groups is 1.